The maximum atomic E-state index is 13.9. The predicted molar refractivity (Wildman–Crippen MR) is 118 cm³/mol. The SMILES string of the molecule is COc1cc(C)c(/C(O)=C2/C(=O)C(=O)N(c3cccc(F)c3)C2c2cccs2)cc1C. The molecule has 1 aliphatic rings. The van der Waals surface area contributed by atoms with Crippen LogP contribution in [0.2, 0.25) is 0 Å². The Morgan fingerprint density at radius 2 is 1.87 bits per heavy atom. The smallest absolute Gasteiger partial charge is 0.300 e. The van der Waals surface area contributed by atoms with Crippen molar-refractivity contribution in [1.82, 2.24) is 0 Å². The number of amides is 1. The molecule has 0 aliphatic carbocycles. The first-order valence-corrected chi connectivity index (χ1v) is 10.5. The lowest BCUT2D eigenvalue weighted by atomic mass is 9.95. The van der Waals surface area contributed by atoms with Crippen LogP contribution in [0.3, 0.4) is 0 Å². The summed E-state index contributed by atoms with van der Waals surface area (Å²) in [6.07, 6.45) is 0. The molecule has 0 bridgehead atoms. The molecule has 3 aromatic rings. The molecule has 1 saturated heterocycles. The van der Waals surface area contributed by atoms with E-state index in [1.54, 1.807) is 44.4 Å². The summed E-state index contributed by atoms with van der Waals surface area (Å²) in [5, 5.41) is 13.1. The van der Waals surface area contributed by atoms with Gasteiger partial charge in [-0.1, -0.05) is 12.1 Å². The number of hydrogen-bond acceptors (Lipinski definition) is 5. The van der Waals surface area contributed by atoms with Gasteiger partial charge in [0.25, 0.3) is 11.7 Å². The van der Waals surface area contributed by atoms with Crippen molar-refractivity contribution >= 4 is 34.5 Å². The summed E-state index contributed by atoms with van der Waals surface area (Å²) in [7, 11) is 1.56. The van der Waals surface area contributed by atoms with E-state index in [4.69, 9.17) is 4.74 Å². The minimum absolute atomic E-state index is 0.0237. The minimum atomic E-state index is -0.858. The van der Waals surface area contributed by atoms with Crippen LogP contribution in [0.25, 0.3) is 5.76 Å². The molecule has 1 fully saturated rings. The number of aliphatic hydroxyl groups is 1. The van der Waals surface area contributed by atoms with E-state index in [2.05, 4.69) is 0 Å². The maximum Gasteiger partial charge on any atom is 0.300 e. The molecule has 2 heterocycles. The van der Waals surface area contributed by atoms with Gasteiger partial charge in [-0.3, -0.25) is 14.5 Å². The van der Waals surface area contributed by atoms with Crippen LogP contribution in [-0.4, -0.2) is 23.9 Å². The number of ketones is 1. The van der Waals surface area contributed by atoms with E-state index in [-0.39, 0.29) is 17.0 Å². The van der Waals surface area contributed by atoms with E-state index in [0.29, 0.717) is 21.8 Å². The number of thiophene rings is 1. The first-order chi connectivity index (χ1) is 14.8. The highest BCUT2D eigenvalue weighted by atomic mass is 32.1. The number of rotatable bonds is 4. The van der Waals surface area contributed by atoms with Gasteiger partial charge in [-0.15, -0.1) is 11.3 Å². The third kappa shape index (κ3) is 3.51. The number of halogens is 1. The molecule has 1 N–H and O–H groups in total. The molecule has 1 unspecified atom stereocenters. The lowest BCUT2D eigenvalue weighted by Crippen LogP contribution is -2.29. The zero-order valence-corrected chi connectivity index (χ0v) is 18.0. The van der Waals surface area contributed by atoms with Gasteiger partial charge in [-0.25, -0.2) is 4.39 Å². The van der Waals surface area contributed by atoms with Gasteiger partial charge in [-0.2, -0.15) is 0 Å². The van der Waals surface area contributed by atoms with Crippen molar-refractivity contribution in [3.8, 4) is 5.75 Å². The van der Waals surface area contributed by atoms with Crippen LogP contribution in [0.15, 0.2) is 59.5 Å². The minimum Gasteiger partial charge on any atom is -0.507 e. The molecule has 158 valence electrons. The number of nitrogens with zero attached hydrogens (tertiary/aromatic N) is 1. The quantitative estimate of drug-likeness (QED) is 0.349. The average molecular weight is 437 g/mol. The molecule has 0 radical (unpaired) electrons. The summed E-state index contributed by atoms with van der Waals surface area (Å²) in [6.45, 7) is 3.62. The van der Waals surface area contributed by atoms with Crippen molar-refractivity contribution in [2.45, 2.75) is 19.9 Å². The number of hydrogen-bond donors (Lipinski definition) is 1. The average Bonchev–Trinajstić information content (AvgIpc) is 3.36. The summed E-state index contributed by atoms with van der Waals surface area (Å²) < 4.78 is 19.2. The van der Waals surface area contributed by atoms with Gasteiger partial charge in [0, 0.05) is 16.1 Å². The standard InChI is InChI=1S/C24H20FNO4S/c1-13-11-18(30-3)14(2)10-17(13)22(27)20-21(19-8-5-9-31-19)26(24(29)23(20)28)16-7-4-6-15(25)12-16/h4-12,21,27H,1-3H3/b22-20-. The molecule has 7 heteroatoms. The Balaban J connectivity index is 1.95. The summed E-state index contributed by atoms with van der Waals surface area (Å²) in [6, 6.07) is 11.7. The van der Waals surface area contributed by atoms with E-state index < -0.39 is 23.5 Å². The third-order valence-corrected chi connectivity index (χ3v) is 6.27. The molecule has 31 heavy (non-hydrogen) atoms. The Kier molecular flexibility index (Phi) is 5.37. The molecule has 1 amide bonds. The molecule has 0 spiro atoms. The maximum absolute atomic E-state index is 13.9. The van der Waals surface area contributed by atoms with E-state index in [0.717, 1.165) is 5.56 Å². The molecule has 0 saturated carbocycles. The van der Waals surface area contributed by atoms with Gasteiger partial charge in [0.1, 0.15) is 23.4 Å². The number of aryl methyl sites for hydroxylation is 2. The van der Waals surface area contributed by atoms with Crippen molar-refractivity contribution < 1.29 is 23.8 Å². The van der Waals surface area contributed by atoms with Crippen LogP contribution in [0.4, 0.5) is 10.1 Å². The van der Waals surface area contributed by atoms with Crippen LogP contribution in [0.5, 0.6) is 5.75 Å². The highest BCUT2D eigenvalue weighted by Crippen LogP contribution is 2.44. The number of Topliss-reactive ketones (excluding diaryl/α,β-unsaturated/α-hetero) is 1. The third-order valence-electron chi connectivity index (χ3n) is 5.34. The highest BCUT2D eigenvalue weighted by molar-refractivity contribution is 7.10. The van der Waals surface area contributed by atoms with E-state index in [1.807, 2.05) is 12.3 Å². The number of carbonyl (C=O) groups is 2. The molecular formula is C24H20FNO4S. The number of benzene rings is 2. The first kappa shape index (κ1) is 20.8. The fraction of sp³-hybridized carbons (Fsp3) is 0.167. The highest BCUT2D eigenvalue weighted by Gasteiger charge is 2.47. The lowest BCUT2D eigenvalue weighted by molar-refractivity contribution is -0.132. The van der Waals surface area contributed by atoms with E-state index >= 15 is 0 Å². The number of anilines is 1. The van der Waals surface area contributed by atoms with Crippen molar-refractivity contribution in [1.29, 1.82) is 0 Å². The zero-order chi connectivity index (χ0) is 22.3. The lowest BCUT2D eigenvalue weighted by Gasteiger charge is -2.24. The summed E-state index contributed by atoms with van der Waals surface area (Å²) in [5.41, 5.74) is 2.15. The van der Waals surface area contributed by atoms with Gasteiger partial charge >= 0.3 is 0 Å². The van der Waals surface area contributed by atoms with Crippen LogP contribution in [0, 0.1) is 19.7 Å². The van der Waals surface area contributed by atoms with E-state index in [1.165, 1.54) is 34.4 Å². The molecule has 5 nitrogen and oxygen atoms in total. The monoisotopic (exact) mass is 437 g/mol. The van der Waals surface area contributed by atoms with Crippen molar-refractivity contribution in [3.05, 3.63) is 86.9 Å². The summed E-state index contributed by atoms with van der Waals surface area (Å²) in [5.74, 6) is -1.75. The van der Waals surface area contributed by atoms with Crippen LogP contribution < -0.4 is 9.64 Å². The first-order valence-electron chi connectivity index (χ1n) is 9.59. The fourth-order valence-corrected chi connectivity index (χ4v) is 4.67. The Bertz CT molecular complexity index is 1220. The second-order valence-corrected chi connectivity index (χ2v) is 8.28. The molecule has 4 rings (SSSR count). The number of carbonyl (C=O) groups excluding carboxylic acids is 2. The van der Waals surface area contributed by atoms with Gasteiger partial charge in [0.15, 0.2) is 0 Å². The Morgan fingerprint density at radius 1 is 1.10 bits per heavy atom. The van der Waals surface area contributed by atoms with Crippen molar-refractivity contribution in [2.24, 2.45) is 0 Å². The van der Waals surface area contributed by atoms with Crippen molar-refractivity contribution in [2.75, 3.05) is 12.0 Å². The van der Waals surface area contributed by atoms with Crippen LogP contribution in [0.1, 0.15) is 27.6 Å². The molecule has 1 aromatic heterocycles. The second kappa shape index (κ2) is 8.00. The largest absolute Gasteiger partial charge is 0.507 e. The predicted octanol–water partition coefficient (Wildman–Crippen LogP) is 5.14. The van der Waals surface area contributed by atoms with Crippen LogP contribution in [-0.2, 0) is 9.59 Å². The number of ether oxygens (including phenoxy) is 1. The second-order valence-electron chi connectivity index (χ2n) is 7.30. The summed E-state index contributed by atoms with van der Waals surface area (Å²) >= 11 is 1.35. The van der Waals surface area contributed by atoms with Crippen molar-refractivity contribution in [3.63, 3.8) is 0 Å². The van der Waals surface area contributed by atoms with Gasteiger partial charge in [-0.05, 0) is 66.8 Å². The van der Waals surface area contributed by atoms with E-state index in [9.17, 15) is 19.1 Å². The van der Waals surface area contributed by atoms with Gasteiger partial charge in [0.05, 0.1) is 12.7 Å². The zero-order valence-electron chi connectivity index (χ0n) is 17.2. The Morgan fingerprint density at radius 3 is 2.52 bits per heavy atom. The molecule has 1 atom stereocenters. The fourth-order valence-electron chi connectivity index (χ4n) is 3.85. The molecule has 1 aliphatic heterocycles. The topological polar surface area (TPSA) is 66.8 Å². The molecule has 2 aromatic carbocycles. The molecular weight excluding hydrogens is 417 g/mol. The van der Waals surface area contributed by atoms with Crippen LogP contribution >= 0.6 is 11.3 Å². The number of aliphatic hydroxyl groups excluding tert-OH is 1. The Hall–Kier alpha value is -3.45. The Labute approximate surface area is 183 Å². The normalized spacial score (nSPS) is 17.9. The number of methoxy groups -OCH3 is 1. The summed E-state index contributed by atoms with van der Waals surface area (Å²) in [4.78, 5) is 28.0. The van der Waals surface area contributed by atoms with Gasteiger partial charge < -0.3 is 9.84 Å². The van der Waals surface area contributed by atoms with Gasteiger partial charge in [0.2, 0.25) is 0 Å².